The van der Waals surface area contributed by atoms with Gasteiger partial charge in [0.1, 0.15) is 5.01 Å². The van der Waals surface area contributed by atoms with Gasteiger partial charge >= 0.3 is 0 Å². The predicted molar refractivity (Wildman–Crippen MR) is 112 cm³/mol. The molecule has 1 unspecified atom stereocenters. The van der Waals surface area contributed by atoms with Crippen molar-refractivity contribution in [1.82, 2.24) is 19.7 Å². The Morgan fingerprint density at radius 3 is 2.70 bits per heavy atom. The van der Waals surface area contributed by atoms with Gasteiger partial charge in [0.15, 0.2) is 0 Å². The summed E-state index contributed by atoms with van der Waals surface area (Å²) in [5.74, 6) is 0.315. The number of carbonyl (C=O) groups is 1. The van der Waals surface area contributed by atoms with E-state index in [4.69, 9.17) is 4.98 Å². The molecule has 0 N–H and O–H groups in total. The lowest BCUT2D eigenvalue weighted by molar-refractivity contribution is -0.136. The van der Waals surface area contributed by atoms with Crippen LogP contribution in [0.3, 0.4) is 0 Å². The van der Waals surface area contributed by atoms with Crippen LogP contribution in [0.15, 0.2) is 22.2 Å². The molecule has 2 aliphatic heterocycles. The first-order valence-corrected chi connectivity index (χ1v) is 11.7. The third kappa shape index (κ3) is 4.77. The molecule has 4 heterocycles. The van der Waals surface area contributed by atoms with E-state index in [0.717, 1.165) is 62.8 Å². The van der Waals surface area contributed by atoms with Crippen LogP contribution in [0, 0.1) is 0 Å². The highest BCUT2D eigenvalue weighted by Crippen LogP contribution is 2.26. The van der Waals surface area contributed by atoms with Gasteiger partial charge in [0.2, 0.25) is 5.91 Å². The summed E-state index contributed by atoms with van der Waals surface area (Å²) in [6.07, 6.45) is 3.57. The van der Waals surface area contributed by atoms with Crippen molar-refractivity contribution in [2.24, 2.45) is 0 Å². The monoisotopic (exact) mass is 404 g/mol. The minimum atomic E-state index is 0.315. The average Bonchev–Trinajstić information content (AvgIpc) is 3.35. The fourth-order valence-corrected chi connectivity index (χ4v) is 5.51. The second kappa shape index (κ2) is 8.82. The lowest BCUT2D eigenvalue weighted by atomic mass is 10.0. The lowest BCUT2D eigenvalue weighted by Crippen LogP contribution is -2.51. The Hall–Kier alpha value is -1.28. The molecule has 146 valence electrons. The smallest absolute Gasteiger partial charge is 0.236 e. The van der Waals surface area contributed by atoms with Crippen LogP contribution >= 0.6 is 22.7 Å². The van der Waals surface area contributed by atoms with E-state index in [-0.39, 0.29) is 0 Å². The summed E-state index contributed by atoms with van der Waals surface area (Å²) in [7, 11) is 0. The molecule has 1 amide bonds. The highest BCUT2D eigenvalue weighted by atomic mass is 32.1. The number of amides is 1. The SMILES string of the molecule is CC1CCCCN1C(=O)CN1CCN(Cc2csc(-c3ccsc3)n2)CC1. The van der Waals surface area contributed by atoms with Crippen molar-refractivity contribution in [2.75, 3.05) is 39.3 Å². The molecule has 2 fully saturated rings. The summed E-state index contributed by atoms with van der Waals surface area (Å²) in [5.41, 5.74) is 2.39. The maximum absolute atomic E-state index is 12.6. The van der Waals surface area contributed by atoms with Crippen LogP contribution in [0.2, 0.25) is 0 Å². The number of aromatic nitrogens is 1. The molecular formula is C20H28N4OS2. The maximum Gasteiger partial charge on any atom is 0.236 e. The third-order valence-corrected chi connectivity index (χ3v) is 7.28. The zero-order valence-electron chi connectivity index (χ0n) is 16.0. The van der Waals surface area contributed by atoms with Gasteiger partial charge in [-0.05, 0) is 37.6 Å². The molecule has 2 aromatic heterocycles. The fraction of sp³-hybridized carbons (Fsp3) is 0.600. The first-order valence-electron chi connectivity index (χ1n) is 9.90. The standard InChI is InChI=1S/C20H28N4OS2/c1-16-4-2-3-6-24(16)19(25)13-23-9-7-22(8-10-23)12-18-15-27-20(21-18)17-5-11-26-14-17/h5,11,14-16H,2-4,6-10,12-13H2,1H3. The first kappa shape index (κ1) is 19.1. The minimum Gasteiger partial charge on any atom is -0.339 e. The molecule has 4 rings (SSSR count). The normalized spacial score (nSPS) is 22.3. The summed E-state index contributed by atoms with van der Waals surface area (Å²) in [5, 5.41) is 7.55. The van der Waals surface area contributed by atoms with Crippen molar-refractivity contribution in [1.29, 1.82) is 0 Å². The summed E-state index contributed by atoms with van der Waals surface area (Å²) < 4.78 is 0. The van der Waals surface area contributed by atoms with Crippen molar-refractivity contribution < 1.29 is 4.79 Å². The molecule has 0 aliphatic carbocycles. The van der Waals surface area contributed by atoms with Gasteiger partial charge in [-0.25, -0.2) is 4.98 Å². The van der Waals surface area contributed by atoms with E-state index in [2.05, 4.69) is 43.8 Å². The highest BCUT2D eigenvalue weighted by molar-refractivity contribution is 7.14. The van der Waals surface area contributed by atoms with E-state index in [1.165, 1.54) is 12.0 Å². The van der Waals surface area contributed by atoms with E-state index in [1.807, 2.05) is 0 Å². The second-order valence-electron chi connectivity index (χ2n) is 7.64. The number of rotatable bonds is 5. The molecule has 0 spiro atoms. The second-order valence-corrected chi connectivity index (χ2v) is 9.28. The predicted octanol–water partition coefficient (Wildman–Crippen LogP) is 3.39. The molecule has 1 atom stereocenters. The number of thiazole rings is 1. The summed E-state index contributed by atoms with van der Waals surface area (Å²) in [6, 6.07) is 2.54. The fourth-order valence-electron chi connectivity index (χ4n) is 3.98. The van der Waals surface area contributed by atoms with Gasteiger partial charge in [-0.2, -0.15) is 11.3 Å². The molecule has 2 saturated heterocycles. The number of carbonyl (C=O) groups excluding carboxylic acids is 1. The van der Waals surface area contributed by atoms with Gasteiger partial charge in [-0.3, -0.25) is 14.6 Å². The summed E-state index contributed by atoms with van der Waals surface area (Å²) in [4.78, 5) is 24.3. The molecule has 5 nitrogen and oxygen atoms in total. The van der Waals surface area contributed by atoms with E-state index in [1.54, 1.807) is 22.7 Å². The third-order valence-electron chi connectivity index (χ3n) is 5.65. The largest absolute Gasteiger partial charge is 0.339 e. The Morgan fingerprint density at radius 1 is 1.15 bits per heavy atom. The zero-order valence-corrected chi connectivity index (χ0v) is 17.6. The van der Waals surface area contributed by atoms with Crippen LogP contribution in [0.5, 0.6) is 0 Å². The van der Waals surface area contributed by atoms with Crippen LogP contribution in [0.25, 0.3) is 10.6 Å². The Balaban J connectivity index is 1.24. The van der Waals surface area contributed by atoms with Gasteiger partial charge in [0, 0.05) is 61.6 Å². The quantitative estimate of drug-likeness (QED) is 0.766. The number of thiophene rings is 1. The van der Waals surface area contributed by atoms with Crippen molar-refractivity contribution in [3.05, 3.63) is 27.9 Å². The van der Waals surface area contributed by atoms with E-state index < -0.39 is 0 Å². The number of nitrogens with zero attached hydrogens (tertiary/aromatic N) is 4. The maximum atomic E-state index is 12.6. The molecule has 0 saturated carbocycles. The molecule has 27 heavy (non-hydrogen) atoms. The first-order chi connectivity index (χ1) is 13.2. The number of likely N-dealkylation sites (tertiary alicyclic amines) is 1. The van der Waals surface area contributed by atoms with E-state index >= 15 is 0 Å². The van der Waals surface area contributed by atoms with Crippen LogP contribution in [-0.2, 0) is 11.3 Å². The van der Waals surface area contributed by atoms with Crippen molar-refractivity contribution >= 4 is 28.6 Å². The lowest BCUT2D eigenvalue weighted by Gasteiger charge is -2.37. The topological polar surface area (TPSA) is 39.7 Å². The van der Waals surface area contributed by atoms with E-state index in [9.17, 15) is 4.79 Å². The minimum absolute atomic E-state index is 0.315. The Labute approximate surface area is 169 Å². The molecule has 0 radical (unpaired) electrons. The van der Waals surface area contributed by atoms with Crippen molar-refractivity contribution in [3.63, 3.8) is 0 Å². The molecule has 7 heteroatoms. The Kier molecular flexibility index (Phi) is 6.22. The average molecular weight is 405 g/mol. The van der Waals surface area contributed by atoms with Crippen molar-refractivity contribution in [2.45, 2.75) is 38.8 Å². The van der Waals surface area contributed by atoms with Crippen LogP contribution in [0.1, 0.15) is 31.9 Å². The van der Waals surface area contributed by atoms with Crippen LogP contribution < -0.4 is 0 Å². The molecular weight excluding hydrogens is 376 g/mol. The molecule has 2 aliphatic rings. The zero-order chi connectivity index (χ0) is 18.6. The number of piperidine rings is 1. The van der Waals surface area contributed by atoms with Crippen molar-refractivity contribution in [3.8, 4) is 10.6 Å². The van der Waals surface area contributed by atoms with Gasteiger partial charge in [0.05, 0.1) is 12.2 Å². The van der Waals surface area contributed by atoms with Gasteiger partial charge < -0.3 is 4.90 Å². The van der Waals surface area contributed by atoms with Crippen LogP contribution in [-0.4, -0.2) is 70.9 Å². The molecule has 2 aromatic rings. The van der Waals surface area contributed by atoms with Crippen LogP contribution in [0.4, 0.5) is 0 Å². The highest BCUT2D eigenvalue weighted by Gasteiger charge is 2.26. The number of piperazine rings is 1. The summed E-state index contributed by atoms with van der Waals surface area (Å²) in [6.45, 7) is 8.57. The number of hydrogen-bond acceptors (Lipinski definition) is 6. The Morgan fingerprint density at radius 2 is 1.96 bits per heavy atom. The summed E-state index contributed by atoms with van der Waals surface area (Å²) >= 11 is 3.44. The van der Waals surface area contributed by atoms with E-state index in [0.29, 0.717) is 18.5 Å². The van der Waals surface area contributed by atoms with Gasteiger partial charge in [-0.1, -0.05) is 0 Å². The Bertz CT molecular complexity index is 737. The number of hydrogen-bond donors (Lipinski definition) is 0. The van der Waals surface area contributed by atoms with Gasteiger partial charge in [0.25, 0.3) is 0 Å². The molecule has 0 aromatic carbocycles. The molecule has 0 bridgehead atoms. The van der Waals surface area contributed by atoms with Gasteiger partial charge in [-0.15, -0.1) is 11.3 Å².